The number of alkyl halides is 2. The number of halogens is 2. The second-order valence-electron chi connectivity index (χ2n) is 7.80. The molecule has 0 amide bonds. The van der Waals surface area contributed by atoms with Crippen LogP contribution in [0.25, 0.3) is 11.3 Å². The van der Waals surface area contributed by atoms with Crippen LogP contribution in [0.3, 0.4) is 0 Å². The smallest absolute Gasteiger partial charge is 0.341 e. The third-order valence-electron chi connectivity index (χ3n) is 5.25. The summed E-state index contributed by atoms with van der Waals surface area (Å²) in [4.78, 5) is 21.8. The number of anilines is 1. The lowest BCUT2D eigenvalue weighted by Gasteiger charge is -2.26. The van der Waals surface area contributed by atoms with E-state index in [2.05, 4.69) is 21.8 Å². The lowest BCUT2D eigenvalue weighted by atomic mass is 10.0. The van der Waals surface area contributed by atoms with Crippen LogP contribution in [-0.4, -0.2) is 34.2 Å². The highest BCUT2D eigenvalue weighted by molar-refractivity contribution is 5.69. The van der Waals surface area contributed by atoms with Crippen LogP contribution >= 0.6 is 0 Å². The maximum atomic E-state index is 12.9. The third-order valence-corrected chi connectivity index (χ3v) is 5.25. The summed E-state index contributed by atoms with van der Waals surface area (Å²) in [5.74, 6) is 0.297. The Morgan fingerprint density at radius 1 is 1.12 bits per heavy atom. The molecule has 0 spiro atoms. The van der Waals surface area contributed by atoms with Gasteiger partial charge < -0.3 is 14.7 Å². The molecule has 0 fully saturated rings. The monoisotopic (exact) mass is 455 g/mol. The number of nitrogens with zero attached hydrogens (tertiary/aromatic N) is 3. The molecule has 3 aromatic rings. The largest absolute Gasteiger partial charge is 0.482 e. The quantitative estimate of drug-likeness (QED) is 0.430. The Kier molecular flexibility index (Phi) is 7.92. The minimum Gasteiger partial charge on any atom is -0.482 e. The van der Waals surface area contributed by atoms with Gasteiger partial charge in [0.05, 0.1) is 5.69 Å². The van der Waals surface area contributed by atoms with E-state index in [1.54, 1.807) is 18.2 Å². The molecule has 6 nitrogen and oxygen atoms in total. The average Bonchev–Trinajstić information content (AvgIpc) is 2.78. The van der Waals surface area contributed by atoms with Gasteiger partial charge in [-0.05, 0) is 37.5 Å². The van der Waals surface area contributed by atoms with E-state index in [0.29, 0.717) is 18.0 Å². The lowest BCUT2D eigenvalue weighted by molar-refractivity contribution is -0.139. The summed E-state index contributed by atoms with van der Waals surface area (Å²) in [6, 6.07) is 11.8. The van der Waals surface area contributed by atoms with Crippen molar-refractivity contribution in [2.45, 2.75) is 40.2 Å². The van der Waals surface area contributed by atoms with Gasteiger partial charge in [-0.1, -0.05) is 43.3 Å². The summed E-state index contributed by atoms with van der Waals surface area (Å²) in [5, 5.41) is 8.82. The van der Waals surface area contributed by atoms with E-state index < -0.39 is 12.4 Å². The predicted octanol–water partition coefficient (Wildman–Crippen LogP) is 5.58. The van der Waals surface area contributed by atoms with Crippen molar-refractivity contribution in [2.24, 2.45) is 0 Å². The molecule has 174 valence electrons. The fourth-order valence-electron chi connectivity index (χ4n) is 3.70. The number of aliphatic carboxylic acids is 1. The molecular formula is C25H27F2N3O3. The summed E-state index contributed by atoms with van der Waals surface area (Å²) in [5.41, 5.74) is 4.19. The number of rotatable bonds is 10. The Labute approximate surface area is 191 Å². The van der Waals surface area contributed by atoms with Gasteiger partial charge in [0.2, 0.25) is 0 Å². The highest BCUT2D eigenvalue weighted by Gasteiger charge is 2.17. The van der Waals surface area contributed by atoms with E-state index in [-0.39, 0.29) is 12.2 Å². The first-order chi connectivity index (χ1) is 15.8. The van der Waals surface area contributed by atoms with Gasteiger partial charge in [-0.25, -0.2) is 23.5 Å². The molecule has 0 radical (unpaired) electrons. The zero-order chi connectivity index (χ0) is 24.0. The standard InChI is InChI=1S/C25H27F2N3O3/c1-4-11-30(13-18-5-10-21(16(2)12-18)33-14-22(31)32)25-17(3)23(28-15-29-25)19-6-8-20(9-7-19)24(26)27/h5-10,12,15,24H,4,11,13-14H2,1-3H3,(H,31,32). The number of hydrogen-bond donors (Lipinski definition) is 1. The van der Waals surface area contributed by atoms with Crippen molar-refractivity contribution in [3.05, 3.63) is 71.0 Å². The molecule has 0 saturated heterocycles. The van der Waals surface area contributed by atoms with Gasteiger partial charge in [0.25, 0.3) is 6.43 Å². The van der Waals surface area contributed by atoms with Crippen molar-refractivity contribution < 1.29 is 23.4 Å². The van der Waals surface area contributed by atoms with Crippen molar-refractivity contribution in [3.63, 3.8) is 0 Å². The van der Waals surface area contributed by atoms with Gasteiger partial charge in [-0.15, -0.1) is 0 Å². The van der Waals surface area contributed by atoms with Crippen molar-refractivity contribution >= 4 is 11.8 Å². The van der Waals surface area contributed by atoms with Crippen LogP contribution in [0.2, 0.25) is 0 Å². The van der Waals surface area contributed by atoms with Crippen LogP contribution in [0, 0.1) is 13.8 Å². The fourth-order valence-corrected chi connectivity index (χ4v) is 3.70. The van der Waals surface area contributed by atoms with Crippen molar-refractivity contribution in [3.8, 4) is 17.0 Å². The van der Waals surface area contributed by atoms with Crippen LogP contribution in [0.1, 0.15) is 42.0 Å². The van der Waals surface area contributed by atoms with E-state index in [0.717, 1.165) is 41.0 Å². The normalized spacial score (nSPS) is 11.0. The number of ether oxygens (including phenoxy) is 1. The summed E-state index contributed by atoms with van der Waals surface area (Å²) < 4.78 is 31.1. The zero-order valence-corrected chi connectivity index (χ0v) is 18.9. The first kappa shape index (κ1) is 24.1. The van der Waals surface area contributed by atoms with E-state index in [9.17, 15) is 13.6 Å². The van der Waals surface area contributed by atoms with Crippen LogP contribution in [0.4, 0.5) is 14.6 Å². The van der Waals surface area contributed by atoms with E-state index >= 15 is 0 Å². The van der Waals surface area contributed by atoms with Crippen LogP contribution in [0.15, 0.2) is 48.8 Å². The molecule has 0 aliphatic carbocycles. The fraction of sp³-hybridized carbons (Fsp3) is 0.320. The topological polar surface area (TPSA) is 75.5 Å². The van der Waals surface area contributed by atoms with Gasteiger partial charge in [-0.3, -0.25) is 0 Å². The van der Waals surface area contributed by atoms with Crippen LogP contribution in [0.5, 0.6) is 5.75 Å². The van der Waals surface area contributed by atoms with E-state index in [4.69, 9.17) is 9.84 Å². The van der Waals surface area contributed by atoms with E-state index in [1.165, 1.54) is 18.5 Å². The van der Waals surface area contributed by atoms with Crippen molar-refractivity contribution in [2.75, 3.05) is 18.1 Å². The molecule has 0 saturated carbocycles. The van der Waals surface area contributed by atoms with Crippen molar-refractivity contribution in [1.29, 1.82) is 0 Å². The average molecular weight is 456 g/mol. The molecule has 1 aromatic heterocycles. The summed E-state index contributed by atoms with van der Waals surface area (Å²) in [6.07, 6.45) is -0.110. The minimum atomic E-state index is -2.51. The number of carbonyl (C=O) groups is 1. The molecule has 2 aromatic carbocycles. The number of carboxylic acid groups (broad SMARTS) is 1. The first-order valence-corrected chi connectivity index (χ1v) is 10.7. The predicted molar refractivity (Wildman–Crippen MR) is 123 cm³/mol. The Bertz CT molecular complexity index is 1100. The van der Waals surface area contributed by atoms with Gasteiger partial charge in [0, 0.05) is 29.8 Å². The number of carboxylic acids is 1. The van der Waals surface area contributed by atoms with Gasteiger partial charge in [0.15, 0.2) is 6.61 Å². The Balaban J connectivity index is 1.87. The SMILES string of the molecule is CCCN(Cc1ccc(OCC(=O)O)c(C)c1)c1ncnc(-c2ccc(C(F)F)cc2)c1C. The molecule has 1 heterocycles. The highest BCUT2D eigenvalue weighted by atomic mass is 19.3. The summed E-state index contributed by atoms with van der Waals surface area (Å²) >= 11 is 0. The number of hydrogen-bond acceptors (Lipinski definition) is 5. The van der Waals surface area contributed by atoms with E-state index in [1.807, 2.05) is 26.0 Å². The van der Waals surface area contributed by atoms with Gasteiger partial charge >= 0.3 is 5.97 Å². The van der Waals surface area contributed by atoms with Gasteiger partial charge in [-0.2, -0.15) is 0 Å². The number of aryl methyl sites for hydroxylation is 1. The molecule has 0 aliphatic heterocycles. The Morgan fingerprint density at radius 2 is 1.85 bits per heavy atom. The molecule has 0 aliphatic rings. The molecule has 0 atom stereocenters. The molecular weight excluding hydrogens is 428 g/mol. The van der Waals surface area contributed by atoms with Gasteiger partial charge in [0.1, 0.15) is 17.9 Å². The molecule has 3 rings (SSSR count). The second kappa shape index (κ2) is 10.8. The molecule has 1 N–H and O–H groups in total. The van der Waals surface area contributed by atoms with Crippen LogP contribution in [-0.2, 0) is 11.3 Å². The molecule has 0 unspecified atom stereocenters. The third kappa shape index (κ3) is 6.03. The summed E-state index contributed by atoms with van der Waals surface area (Å²) in [7, 11) is 0. The van der Waals surface area contributed by atoms with Crippen LogP contribution < -0.4 is 9.64 Å². The summed E-state index contributed by atoms with van der Waals surface area (Å²) in [6.45, 7) is 6.86. The second-order valence-corrected chi connectivity index (χ2v) is 7.80. The molecule has 0 bridgehead atoms. The lowest BCUT2D eigenvalue weighted by Crippen LogP contribution is -2.25. The zero-order valence-electron chi connectivity index (χ0n) is 18.9. The Hall–Kier alpha value is -3.55. The minimum absolute atomic E-state index is 0.0237. The maximum absolute atomic E-state index is 12.9. The first-order valence-electron chi connectivity index (χ1n) is 10.7. The van der Waals surface area contributed by atoms with Crippen molar-refractivity contribution in [1.82, 2.24) is 9.97 Å². The molecule has 8 heteroatoms. The number of benzene rings is 2. The maximum Gasteiger partial charge on any atom is 0.341 e. The number of aromatic nitrogens is 2. The highest BCUT2D eigenvalue weighted by Crippen LogP contribution is 2.30. The molecule has 33 heavy (non-hydrogen) atoms. The Morgan fingerprint density at radius 3 is 2.45 bits per heavy atom.